The van der Waals surface area contributed by atoms with Crippen molar-refractivity contribution >= 4 is 23.8 Å². The molecule has 3 rings (SSSR count). The highest BCUT2D eigenvalue weighted by molar-refractivity contribution is 6.04. The van der Waals surface area contributed by atoms with E-state index in [1.807, 2.05) is 0 Å². The summed E-state index contributed by atoms with van der Waals surface area (Å²) in [6, 6.07) is 5.63. The molecule has 0 spiro atoms. The molecule has 1 aromatic rings. The Kier molecular flexibility index (Phi) is 5.68. The lowest BCUT2D eigenvalue weighted by atomic mass is 10.2. The summed E-state index contributed by atoms with van der Waals surface area (Å²) in [7, 11) is 0. The number of halogens is 1. The van der Waals surface area contributed by atoms with Crippen LogP contribution in [0.5, 0.6) is 0 Å². The van der Waals surface area contributed by atoms with Gasteiger partial charge in [-0.05, 0) is 17.7 Å². The summed E-state index contributed by atoms with van der Waals surface area (Å²) in [6.07, 6.45) is 0.322. The van der Waals surface area contributed by atoms with Crippen molar-refractivity contribution in [3.8, 4) is 0 Å². The van der Waals surface area contributed by atoms with E-state index in [-0.39, 0.29) is 55.5 Å². The molecule has 0 unspecified atom stereocenters. The van der Waals surface area contributed by atoms with Gasteiger partial charge in [0.25, 0.3) is 0 Å². The third-order valence-corrected chi connectivity index (χ3v) is 4.72. The Balaban J connectivity index is 1.43. The maximum Gasteiger partial charge on any atom is 0.317 e. The van der Waals surface area contributed by atoms with E-state index in [1.165, 1.54) is 12.1 Å². The van der Waals surface area contributed by atoms with E-state index in [2.05, 4.69) is 5.32 Å². The quantitative estimate of drug-likeness (QED) is 0.767. The summed E-state index contributed by atoms with van der Waals surface area (Å²) < 4.78 is 12.9. The van der Waals surface area contributed by atoms with Crippen LogP contribution < -0.4 is 5.32 Å². The van der Waals surface area contributed by atoms with Gasteiger partial charge in [0.2, 0.25) is 17.7 Å². The molecular formula is C18H21FN4O4. The van der Waals surface area contributed by atoms with Crippen molar-refractivity contribution in [1.82, 2.24) is 20.0 Å². The summed E-state index contributed by atoms with van der Waals surface area (Å²) >= 11 is 0. The van der Waals surface area contributed by atoms with Crippen molar-refractivity contribution in [2.45, 2.75) is 19.4 Å². The number of nitrogens with one attached hydrogen (secondary N) is 1. The standard InChI is InChI=1S/C18H21FN4O4/c19-14-3-1-13(2-4-14)11-20-18(27)22-9-7-21(8-10-22)17(26)12-23-15(24)5-6-16(23)25/h1-4H,5-12H2,(H,20,27). The van der Waals surface area contributed by atoms with Gasteiger partial charge in [0, 0.05) is 45.6 Å². The Hall–Kier alpha value is -2.97. The number of likely N-dealkylation sites (tertiary alicyclic amines) is 1. The van der Waals surface area contributed by atoms with E-state index in [0.717, 1.165) is 10.5 Å². The minimum atomic E-state index is -0.330. The number of amides is 5. The minimum absolute atomic E-state index is 0.161. The Morgan fingerprint density at radius 3 is 2.07 bits per heavy atom. The van der Waals surface area contributed by atoms with Crippen LogP contribution in [0.4, 0.5) is 9.18 Å². The second-order valence-electron chi connectivity index (χ2n) is 6.53. The van der Waals surface area contributed by atoms with Crippen LogP contribution in [0.1, 0.15) is 18.4 Å². The van der Waals surface area contributed by atoms with Crippen LogP contribution >= 0.6 is 0 Å². The Bertz CT molecular complexity index is 728. The zero-order valence-electron chi connectivity index (χ0n) is 14.8. The number of rotatable bonds is 4. The van der Waals surface area contributed by atoms with Gasteiger partial charge in [-0.1, -0.05) is 12.1 Å². The monoisotopic (exact) mass is 376 g/mol. The third-order valence-electron chi connectivity index (χ3n) is 4.72. The predicted octanol–water partition coefficient (Wildman–Crippen LogP) is 0.329. The van der Waals surface area contributed by atoms with Crippen LogP contribution in [-0.4, -0.2) is 71.2 Å². The maximum absolute atomic E-state index is 12.9. The summed E-state index contributed by atoms with van der Waals surface area (Å²) in [6.45, 7) is 1.48. The zero-order chi connectivity index (χ0) is 19.4. The molecule has 0 aromatic heterocycles. The van der Waals surface area contributed by atoms with E-state index in [9.17, 15) is 23.6 Å². The van der Waals surface area contributed by atoms with Crippen LogP contribution in [-0.2, 0) is 20.9 Å². The van der Waals surface area contributed by atoms with E-state index in [1.54, 1.807) is 21.9 Å². The smallest absolute Gasteiger partial charge is 0.317 e. The maximum atomic E-state index is 12.9. The van der Waals surface area contributed by atoms with Gasteiger partial charge in [-0.25, -0.2) is 9.18 Å². The predicted molar refractivity (Wildman–Crippen MR) is 92.7 cm³/mol. The Morgan fingerprint density at radius 1 is 0.926 bits per heavy atom. The summed E-state index contributed by atoms with van der Waals surface area (Å²) in [5.74, 6) is -1.24. The number of imide groups is 1. The molecule has 2 saturated heterocycles. The van der Waals surface area contributed by atoms with Gasteiger partial charge in [0.15, 0.2) is 0 Å². The summed E-state index contributed by atoms with van der Waals surface area (Å²) in [5.41, 5.74) is 0.790. The lowest BCUT2D eigenvalue weighted by Crippen LogP contribution is -2.54. The fourth-order valence-corrected chi connectivity index (χ4v) is 3.09. The highest BCUT2D eigenvalue weighted by atomic mass is 19.1. The average molecular weight is 376 g/mol. The van der Waals surface area contributed by atoms with Gasteiger partial charge in [0.05, 0.1) is 0 Å². The molecule has 8 nitrogen and oxygen atoms in total. The lowest BCUT2D eigenvalue weighted by molar-refractivity contribution is -0.146. The summed E-state index contributed by atoms with van der Waals surface area (Å²) in [4.78, 5) is 51.9. The SMILES string of the molecule is O=C(CN1C(=O)CCC1=O)N1CCN(C(=O)NCc2ccc(F)cc2)CC1. The zero-order valence-corrected chi connectivity index (χ0v) is 14.8. The van der Waals surface area contributed by atoms with Gasteiger partial charge in [0.1, 0.15) is 12.4 Å². The first kappa shape index (κ1) is 18.8. The number of nitrogens with zero attached hydrogens (tertiary/aromatic N) is 3. The van der Waals surface area contributed by atoms with Crippen molar-refractivity contribution in [3.05, 3.63) is 35.6 Å². The van der Waals surface area contributed by atoms with E-state index >= 15 is 0 Å². The first-order chi connectivity index (χ1) is 12.9. The molecular weight excluding hydrogens is 355 g/mol. The molecule has 27 heavy (non-hydrogen) atoms. The molecule has 0 saturated carbocycles. The van der Waals surface area contributed by atoms with E-state index < -0.39 is 0 Å². The van der Waals surface area contributed by atoms with Crippen LogP contribution in [0, 0.1) is 5.82 Å². The normalized spacial score (nSPS) is 17.4. The van der Waals surface area contributed by atoms with Gasteiger partial charge < -0.3 is 15.1 Å². The second kappa shape index (κ2) is 8.15. The third kappa shape index (κ3) is 4.60. The second-order valence-corrected chi connectivity index (χ2v) is 6.53. The topological polar surface area (TPSA) is 90.0 Å². The lowest BCUT2D eigenvalue weighted by Gasteiger charge is -2.35. The fourth-order valence-electron chi connectivity index (χ4n) is 3.09. The highest BCUT2D eigenvalue weighted by Crippen LogP contribution is 2.12. The van der Waals surface area contributed by atoms with Crippen LogP contribution in [0.15, 0.2) is 24.3 Å². The molecule has 0 radical (unpaired) electrons. The molecule has 144 valence electrons. The van der Waals surface area contributed by atoms with Gasteiger partial charge in [-0.2, -0.15) is 0 Å². The Morgan fingerprint density at radius 2 is 1.48 bits per heavy atom. The van der Waals surface area contributed by atoms with Crippen LogP contribution in [0.2, 0.25) is 0 Å². The number of carbonyl (C=O) groups is 4. The molecule has 9 heteroatoms. The molecule has 1 N–H and O–H groups in total. The molecule has 2 fully saturated rings. The van der Waals surface area contributed by atoms with Gasteiger partial charge in [-0.15, -0.1) is 0 Å². The minimum Gasteiger partial charge on any atom is -0.338 e. The number of hydrogen-bond donors (Lipinski definition) is 1. The highest BCUT2D eigenvalue weighted by Gasteiger charge is 2.32. The largest absolute Gasteiger partial charge is 0.338 e. The van der Waals surface area contributed by atoms with Crippen molar-refractivity contribution < 1.29 is 23.6 Å². The van der Waals surface area contributed by atoms with Gasteiger partial charge in [-0.3, -0.25) is 19.3 Å². The first-order valence-electron chi connectivity index (χ1n) is 8.82. The summed E-state index contributed by atoms with van der Waals surface area (Å²) in [5, 5.41) is 2.77. The number of piperazine rings is 1. The van der Waals surface area contributed by atoms with Crippen LogP contribution in [0.25, 0.3) is 0 Å². The van der Waals surface area contributed by atoms with Crippen molar-refractivity contribution in [3.63, 3.8) is 0 Å². The molecule has 2 heterocycles. The molecule has 0 aliphatic carbocycles. The number of hydrogen-bond acceptors (Lipinski definition) is 4. The van der Waals surface area contributed by atoms with Crippen molar-refractivity contribution in [1.29, 1.82) is 0 Å². The van der Waals surface area contributed by atoms with Crippen LogP contribution in [0.3, 0.4) is 0 Å². The number of urea groups is 1. The van der Waals surface area contributed by atoms with E-state index in [4.69, 9.17) is 0 Å². The van der Waals surface area contributed by atoms with E-state index in [0.29, 0.717) is 26.2 Å². The fraction of sp³-hybridized carbons (Fsp3) is 0.444. The van der Waals surface area contributed by atoms with Crippen molar-refractivity contribution in [2.75, 3.05) is 32.7 Å². The molecule has 0 bridgehead atoms. The number of carbonyl (C=O) groups excluding carboxylic acids is 4. The van der Waals surface area contributed by atoms with Crippen molar-refractivity contribution in [2.24, 2.45) is 0 Å². The molecule has 0 atom stereocenters. The average Bonchev–Trinajstić information content (AvgIpc) is 2.99. The Labute approximate surface area is 155 Å². The molecule has 5 amide bonds. The molecule has 2 aliphatic rings. The molecule has 1 aromatic carbocycles. The van der Waals surface area contributed by atoms with Gasteiger partial charge >= 0.3 is 6.03 Å². The molecule has 2 aliphatic heterocycles. The first-order valence-corrected chi connectivity index (χ1v) is 8.82. The number of benzene rings is 1.